The quantitative estimate of drug-likeness (QED) is 0.474. The number of benzene rings is 1. The summed E-state index contributed by atoms with van der Waals surface area (Å²) in [6.45, 7) is 5.53. The zero-order valence-corrected chi connectivity index (χ0v) is 12.7. The Kier molecular flexibility index (Phi) is 4.61. The fourth-order valence-electron chi connectivity index (χ4n) is 3.33. The Labute approximate surface area is 126 Å². The molecule has 0 saturated heterocycles. The molecular formula is C18H22O3. The minimum absolute atomic E-state index is 0.151. The molecule has 2 atom stereocenters. The summed E-state index contributed by atoms with van der Waals surface area (Å²) in [5.74, 6) is -0.406. The van der Waals surface area contributed by atoms with Crippen LogP contribution < -0.4 is 0 Å². The molecular weight excluding hydrogens is 264 g/mol. The molecule has 0 aliphatic heterocycles. The van der Waals surface area contributed by atoms with Gasteiger partial charge in [0.05, 0.1) is 7.11 Å². The number of aryl methyl sites for hydroxylation is 1. The number of carbonyl (C=O) groups is 2. The van der Waals surface area contributed by atoms with Gasteiger partial charge < -0.3 is 4.74 Å². The molecule has 0 heterocycles. The van der Waals surface area contributed by atoms with Crippen LogP contribution in [0.25, 0.3) is 0 Å². The van der Waals surface area contributed by atoms with Gasteiger partial charge in [0.15, 0.2) is 5.78 Å². The van der Waals surface area contributed by atoms with Crippen molar-refractivity contribution in [2.24, 2.45) is 11.3 Å². The van der Waals surface area contributed by atoms with E-state index in [1.807, 2.05) is 18.2 Å². The summed E-state index contributed by atoms with van der Waals surface area (Å²) in [7, 11) is 1.33. The van der Waals surface area contributed by atoms with Crippen molar-refractivity contribution in [2.45, 2.75) is 32.6 Å². The largest absolute Gasteiger partial charge is 0.468 e. The van der Waals surface area contributed by atoms with Gasteiger partial charge in [0.25, 0.3) is 0 Å². The lowest BCUT2D eigenvalue weighted by Crippen LogP contribution is -2.38. The number of hydrogen-bond donors (Lipinski definition) is 0. The molecule has 0 aromatic heterocycles. The number of methoxy groups -OCH3 is 1. The maximum absolute atomic E-state index is 12.1. The maximum atomic E-state index is 12.1. The monoisotopic (exact) mass is 286 g/mol. The third kappa shape index (κ3) is 2.78. The molecule has 1 aliphatic carbocycles. The van der Waals surface area contributed by atoms with Gasteiger partial charge in [-0.2, -0.15) is 0 Å². The number of rotatable bonds is 5. The second kappa shape index (κ2) is 6.25. The van der Waals surface area contributed by atoms with Crippen LogP contribution in [-0.4, -0.2) is 18.9 Å². The van der Waals surface area contributed by atoms with Crippen molar-refractivity contribution in [1.82, 2.24) is 0 Å². The Morgan fingerprint density at radius 2 is 2.00 bits per heavy atom. The molecule has 0 radical (unpaired) electrons. The molecule has 1 saturated carbocycles. The lowest BCUT2D eigenvalue weighted by molar-refractivity contribution is -0.154. The molecule has 3 heteroatoms. The van der Waals surface area contributed by atoms with Crippen LogP contribution in [0.1, 0.15) is 31.7 Å². The topological polar surface area (TPSA) is 43.4 Å². The summed E-state index contributed by atoms with van der Waals surface area (Å²) in [5.41, 5.74) is 0.886. The number of Topliss-reactive ketones (excluding diaryl/α,β-unsaturated/α-hetero) is 1. The predicted octanol–water partition coefficient (Wildman–Crippen LogP) is 3.33. The van der Waals surface area contributed by atoms with Gasteiger partial charge in [-0.05, 0) is 49.7 Å². The van der Waals surface area contributed by atoms with E-state index in [2.05, 4.69) is 18.7 Å². The van der Waals surface area contributed by atoms with Gasteiger partial charge in [0.1, 0.15) is 5.41 Å². The molecule has 3 nitrogen and oxygen atoms in total. The Bertz CT molecular complexity index is 547. The lowest BCUT2D eigenvalue weighted by atomic mass is 9.77. The maximum Gasteiger partial charge on any atom is 0.323 e. The number of ketones is 1. The first-order chi connectivity index (χ1) is 10.0. The van der Waals surface area contributed by atoms with E-state index in [0.29, 0.717) is 6.42 Å². The minimum Gasteiger partial charge on any atom is -0.468 e. The number of ether oxygens (including phenoxy) is 1. The van der Waals surface area contributed by atoms with E-state index in [4.69, 9.17) is 4.74 Å². The first kappa shape index (κ1) is 15.5. The summed E-state index contributed by atoms with van der Waals surface area (Å²) in [4.78, 5) is 24.1. The van der Waals surface area contributed by atoms with Crippen LogP contribution in [-0.2, 0) is 20.7 Å². The molecule has 1 aliphatic rings. The average molecular weight is 286 g/mol. The second-order valence-corrected chi connectivity index (χ2v) is 5.74. The fourth-order valence-corrected chi connectivity index (χ4v) is 3.33. The van der Waals surface area contributed by atoms with Gasteiger partial charge in [-0.3, -0.25) is 9.59 Å². The highest BCUT2D eigenvalue weighted by Crippen LogP contribution is 2.48. The Balaban J connectivity index is 2.10. The minimum atomic E-state index is -1.11. The van der Waals surface area contributed by atoms with E-state index in [1.54, 1.807) is 0 Å². The van der Waals surface area contributed by atoms with E-state index in [9.17, 15) is 9.59 Å². The van der Waals surface area contributed by atoms with E-state index in [0.717, 1.165) is 24.8 Å². The van der Waals surface area contributed by atoms with Crippen molar-refractivity contribution in [3.05, 3.63) is 48.0 Å². The van der Waals surface area contributed by atoms with Crippen molar-refractivity contribution >= 4 is 11.8 Å². The standard InChI is InChI=1S/C18H22O3/c1-13-16(10-9-15-7-5-4-6-8-15)11-12-18(13,14(2)19)17(20)21-3/h4-8,16H,1,9-12H2,2-3H3/t16-,18+/m0/s1. The molecule has 1 aromatic carbocycles. The Hall–Kier alpha value is -1.90. The van der Waals surface area contributed by atoms with E-state index < -0.39 is 11.4 Å². The molecule has 21 heavy (non-hydrogen) atoms. The fraction of sp³-hybridized carbons (Fsp3) is 0.444. The molecule has 0 amide bonds. The van der Waals surface area contributed by atoms with E-state index >= 15 is 0 Å². The predicted molar refractivity (Wildman–Crippen MR) is 81.8 cm³/mol. The van der Waals surface area contributed by atoms with Gasteiger partial charge >= 0.3 is 5.97 Å². The third-order valence-corrected chi connectivity index (χ3v) is 4.67. The van der Waals surface area contributed by atoms with Crippen LogP contribution in [0, 0.1) is 11.3 Å². The van der Waals surface area contributed by atoms with Crippen molar-refractivity contribution in [2.75, 3.05) is 7.11 Å². The first-order valence-corrected chi connectivity index (χ1v) is 7.35. The normalized spacial score (nSPS) is 24.9. The second-order valence-electron chi connectivity index (χ2n) is 5.74. The van der Waals surface area contributed by atoms with Gasteiger partial charge in [-0.1, -0.05) is 36.9 Å². The van der Waals surface area contributed by atoms with Crippen LogP contribution in [0.4, 0.5) is 0 Å². The highest BCUT2D eigenvalue weighted by Gasteiger charge is 2.52. The molecule has 1 fully saturated rings. The molecule has 0 bridgehead atoms. The number of carbonyl (C=O) groups excluding carboxylic acids is 2. The summed E-state index contributed by atoms with van der Waals surface area (Å²) in [6, 6.07) is 10.2. The van der Waals surface area contributed by atoms with Gasteiger partial charge in [-0.15, -0.1) is 0 Å². The number of hydrogen-bond acceptors (Lipinski definition) is 3. The van der Waals surface area contributed by atoms with Crippen molar-refractivity contribution in [3.8, 4) is 0 Å². The van der Waals surface area contributed by atoms with Crippen molar-refractivity contribution in [1.29, 1.82) is 0 Å². The zero-order chi connectivity index (χ0) is 15.5. The highest BCUT2D eigenvalue weighted by atomic mass is 16.5. The smallest absolute Gasteiger partial charge is 0.323 e. The Morgan fingerprint density at radius 3 is 2.57 bits per heavy atom. The highest BCUT2D eigenvalue weighted by molar-refractivity contribution is 6.06. The van der Waals surface area contributed by atoms with Gasteiger partial charge in [0, 0.05) is 0 Å². The van der Waals surface area contributed by atoms with Crippen LogP contribution >= 0.6 is 0 Å². The van der Waals surface area contributed by atoms with Crippen molar-refractivity contribution < 1.29 is 14.3 Å². The molecule has 0 spiro atoms. The summed E-state index contributed by atoms with van der Waals surface area (Å²) in [5, 5.41) is 0. The first-order valence-electron chi connectivity index (χ1n) is 7.35. The van der Waals surface area contributed by atoms with Crippen LogP contribution in [0.15, 0.2) is 42.5 Å². The molecule has 1 aromatic rings. The molecule has 112 valence electrons. The van der Waals surface area contributed by atoms with Crippen LogP contribution in [0.3, 0.4) is 0 Å². The van der Waals surface area contributed by atoms with Crippen molar-refractivity contribution in [3.63, 3.8) is 0 Å². The average Bonchev–Trinajstić information content (AvgIpc) is 2.83. The molecule has 0 N–H and O–H groups in total. The number of esters is 1. The molecule has 2 rings (SSSR count). The van der Waals surface area contributed by atoms with Crippen LogP contribution in [0.2, 0.25) is 0 Å². The third-order valence-electron chi connectivity index (χ3n) is 4.67. The Morgan fingerprint density at radius 1 is 1.33 bits per heavy atom. The zero-order valence-electron chi connectivity index (χ0n) is 12.7. The van der Waals surface area contributed by atoms with Gasteiger partial charge in [0.2, 0.25) is 0 Å². The lowest BCUT2D eigenvalue weighted by Gasteiger charge is -2.25. The van der Waals surface area contributed by atoms with E-state index in [-0.39, 0.29) is 11.7 Å². The van der Waals surface area contributed by atoms with Crippen LogP contribution in [0.5, 0.6) is 0 Å². The summed E-state index contributed by atoms with van der Waals surface area (Å²) in [6.07, 6.45) is 3.18. The van der Waals surface area contributed by atoms with E-state index in [1.165, 1.54) is 19.6 Å². The SMILES string of the molecule is C=C1[C@@H](CCc2ccccc2)CC[C@@]1(C(C)=O)C(=O)OC. The molecule has 0 unspecified atom stereocenters. The summed E-state index contributed by atoms with van der Waals surface area (Å²) < 4.78 is 4.86. The summed E-state index contributed by atoms with van der Waals surface area (Å²) >= 11 is 0. The van der Waals surface area contributed by atoms with Gasteiger partial charge in [-0.25, -0.2) is 0 Å².